The summed E-state index contributed by atoms with van der Waals surface area (Å²) < 4.78 is 62.1. The molecule has 3 unspecified atom stereocenters. The summed E-state index contributed by atoms with van der Waals surface area (Å²) in [5.41, 5.74) is 5.65. The third-order valence-corrected chi connectivity index (χ3v) is 12.1. The molecule has 24 nitrogen and oxygen atoms in total. The molecule has 0 aliphatic carbocycles. The monoisotopic (exact) mass is 885 g/mol. The first-order valence-electron chi connectivity index (χ1n) is 16.6. The molecular weight excluding hydrogens is 843 g/mol. The molecule has 1 aliphatic rings. The summed E-state index contributed by atoms with van der Waals surface area (Å²) in [6, 6.07) is 7.09. The van der Waals surface area contributed by atoms with Gasteiger partial charge in [-0.05, 0) is 12.5 Å². The number of fused-ring (bicyclic) bond motifs is 1. The molecule has 2 aromatic heterocycles. The molecule has 28 heteroatoms. The fourth-order valence-electron chi connectivity index (χ4n) is 5.15. The van der Waals surface area contributed by atoms with E-state index in [9.17, 15) is 57.9 Å². The number of nitrogens with two attached hydrogens (primary N) is 1. The molecular formula is C29H42N7O17P3S. The second kappa shape index (κ2) is 19.2. The number of aliphatic hydroxyl groups excluding tert-OH is 2. The molecule has 0 saturated carbocycles. The minimum absolute atomic E-state index is 0.0292. The van der Waals surface area contributed by atoms with E-state index >= 15 is 0 Å². The van der Waals surface area contributed by atoms with E-state index < -0.39 is 84.6 Å². The number of hydrogen-bond donors (Lipinski definition) is 9. The number of nitrogen functional groups attached to an aromatic ring is 1. The van der Waals surface area contributed by atoms with Crippen LogP contribution in [0.3, 0.4) is 0 Å². The molecule has 4 rings (SSSR count). The Labute approximate surface area is 328 Å². The summed E-state index contributed by atoms with van der Waals surface area (Å²) in [5, 5.41) is 26.3. The molecule has 316 valence electrons. The van der Waals surface area contributed by atoms with Crippen molar-refractivity contribution in [3.63, 3.8) is 0 Å². The quantitative estimate of drug-likeness (QED) is 0.0543. The number of benzene rings is 1. The van der Waals surface area contributed by atoms with Crippen molar-refractivity contribution in [3.05, 3.63) is 48.0 Å². The number of hydrogen-bond acceptors (Lipinski definition) is 18. The maximum atomic E-state index is 12.7. The van der Waals surface area contributed by atoms with E-state index in [4.69, 9.17) is 19.5 Å². The third-order valence-electron chi connectivity index (χ3n) is 8.10. The number of aromatic nitrogens is 4. The van der Waals surface area contributed by atoms with Gasteiger partial charge in [-0.25, -0.2) is 28.6 Å². The number of nitrogens with zero attached hydrogens (tertiary/aromatic N) is 4. The van der Waals surface area contributed by atoms with E-state index in [1.807, 2.05) is 19.1 Å². The average Bonchev–Trinajstić information content (AvgIpc) is 3.68. The molecule has 1 aliphatic heterocycles. The highest BCUT2D eigenvalue weighted by Crippen LogP contribution is 2.61. The molecule has 57 heavy (non-hydrogen) atoms. The highest BCUT2D eigenvalue weighted by Gasteiger charge is 2.50. The Hall–Kier alpha value is -3.22. The number of carbonyl (C=O) groups excluding carboxylic acids is 3. The van der Waals surface area contributed by atoms with Gasteiger partial charge in [0.25, 0.3) is 0 Å². The van der Waals surface area contributed by atoms with Crippen molar-refractivity contribution in [2.75, 3.05) is 37.8 Å². The number of rotatable bonds is 20. The Balaban J connectivity index is 1.23. The molecule has 7 atom stereocenters. The molecule has 1 aromatic carbocycles. The lowest BCUT2D eigenvalue weighted by Gasteiger charge is -2.30. The van der Waals surface area contributed by atoms with E-state index in [0.717, 1.165) is 34.5 Å². The number of phosphoric ester groups is 3. The number of thioether (sulfide) groups is 1. The minimum atomic E-state index is -5.57. The smallest absolute Gasteiger partial charge is 0.386 e. The number of imidazole rings is 1. The van der Waals surface area contributed by atoms with Gasteiger partial charge < -0.3 is 50.9 Å². The first-order chi connectivity index (χ1) is 26.5. The van der Waals surface area contributed by atoms with Gasteiger partial charge >= 0.3 is 23.5 Å². The summed E-state index contributed by atoms with van der Waals surface area (Å²) in [4.78, 5) is 88.1. The molecule has 3 heterocycles. The Morgan fingerprint density at radius 3 is 2.40 bits per heavy atom. The Bertz CT molecular complexity index is 2070. The summed E-state index contributed by atoms with van der Waals surface area (Å²) in [5.74, 6) is -1.17. The number of amides is 2. The molecule has 1 fully saturated rings. The van der Waals surface area contributed by atoms with Crippen LogP contribution in [0.1, 0.15) is 42.4 Å². The summed E-state index contributed by atoms with van der Waals surface area (Å²) >= 11 is 1.04. The summed E-state index contributed by atoms with van der Waals surface area (Å²) in [6.45, 7) is 2.26. The van der Waals surface area contributed by atoms with Crippen molar-refractivity contribution in [2.45, 2.75) is 57.8 Å². The van der Waals surface area contributed by atoms with Crippen molar-refractivity contribution >= 4 is 69.1 Å². The number of aryl methyl sites for hydroxylation is 1. The second-order valence-electron chi connectivity index (χ2n) is 13.0. The SMILES string of the molecule is Cc1ccccc1C(=O)SCCNC(=O)CCNC(=O)C(O)C(C)(C)COP(=O)(O)OP(=O)(O)OC[C@H]1O[C@@H](n2cnc3c(N)ncnc32)[C@H](O)[C@@H]1OP(=O)(O)O. The number of carbonyl (C=O) groups is 3. The van der Waals surface area contributed by atoms with Gasteiger partial charge in [0.2, 0.25) is 16.9 Å². The zero-order valence-corrected chi connectivity index (χ0v) is 33.9. The van der Waals surface area contributed by atoms with E-state index in [2.05, 4.69) is 34.4 Å². The van der Waals surface area contributed by atoms with Gasteiger partial charge in [-0.15, -0.1) is 0 Å². The van der Waals surface area contributed by atoms with Crippen molar-refractivity contribution in [3.8, 4) is 0 Å². The Kier molecular flexibility index (Phi) is 15.7. The van der Waals surface area contributed by atoms with Crippen molar-refractivity contribution in [2.24, 2.45) is 5.41 Å². The Morgan fingerprint density at radius 1 is 1.04 bits per heavy atom. The van der Waals surface area contributed by atoms with Crippen LogP contribution in [0.25, 0.3) is 11.2 Å². The van der Waals surface area contributed by atoms with Crippen LogP contribution in [0.15, 0.2) is 36.9 Å². The van der Waals surface area contributed by atoms with Gasteiger partial charge in [-0.1, -0.05) is 49.9 Å². The fourth-order valence-corrected chi connectivity index (χ4v) is 8.76. The minimum Gasteiger partial charge on any atom is -0.386 e. The molecule has 0 bridgehead atoms. The van der Waals surface area contributed by atoms with Gasteiger partial charge in [0.15, 0.2) is 17.7 Å². The van der Waals surface area contributed by atoms with Crippen LogP contribution in [-0.2, 0) is 45.9 Å². The lowest BCUT2D eigenvalue weighted by molar-refractivity contribution is -0.137. The van der Waals surface area contributed by atoms with Gasteiger partial charge in [0.1, 0.15) is 36.3 Å². The van der Waals surface area contributed by atoms with E-state index in [-0.39, 0.29) is 41.6 Å². The molecule has 0 spiro atoms. The lowest BCUT2D eigenvalue weighted by atomic mass is 9.87. The van der Waals surface area contributed by atoms with Gasteiger partial charge in [0, 0.05) is 36.2 Å². The van der Waals surface area contributed by atoms with Gasteiger partial charge in [0.05, 0.1) is 19.5 Å². The van der Waals surface area contributed by atoms with Crippen molar-refractivity contribution in [1.82, 2.24) is 30.2 Å². The number of ether oxygens (including phenoxy) is 1. The number of phosphoric acid groups is 3. The first-order valence-corrected chi connectivity index (χ1v) is 22.1. The highest BCUT2D eigenvalue weighted by molar-refractivity contribution is 8.14. The van der Waals surface area contributed by atoms with E-state index in [0.29, 0.717) is 11.3 Å². The number of aliphatic hydroxyl groups is 2. The summed E-state index contributed by atoms with van der Waals surface area (Å²) in [6.07, 6.45) is -6.94. The van der Waals surface area contributed by atoms with Crippen LogP contribution >= 0.6 is 35.2 Å². The number of anilines is 1. The molecule has 3 aromatic rings. The van der Waals surface area contributed by atoms with E-state index in [1.54, 1.807) is 12.1 Å². The van der Waals surface area contributed by atoms with Crippen LogP contribution in [-0.4, -0.2) is 123 Å². The zero-order chi connectivity index (χ0) is 42.3. The fraction of sp³-hybridized carbons (Fsp3) is 0.517. The van der Waals surface area contributed by atoms with E-state index in [1.165, 1.54) is 13.8 Å². The normalized spacial score (nSPS) is 21.4. The first kappa shape index (κ1) is 46.5. The van der Waals surface area contributed by atoms with Gasteiger partial charge in [-0.3, -0.25) is 32.5 Å². The van der Waals surface area contributed by atoms with Crippen LogP contribution < -0.4 is 16.4 Å². The topological polar surface area (TPSA) is 364 Å². The van der Waals surface area contributed by atoms with Crippen LogP contribution in [0.5, 0.6) is 0 Å². The number of nitrogens with one attached hydrogen (secondary N) is 2. The Morgan fingerprint density at radius 2 is 1.72 bits per heavy atom. The zero-order valence-electron chi connectivity index (χ0n) is 30.4. The predicted octanol–water partition coefficient (Wildman–Crippen LogP) is 0.287. The maximum absolute atomic E-state index is 12.7. The lowest BCUT2D eigenvalue weighted by Crippen LogP contribution is -2.46. The summed E-state index contributed by atoms with van der Waals surface area (Å²) in [7, 11) is -16.4. The highest BCUT2D eigenvalue weighted by atomic mass is 32.2. The largest absolute Gasteiger partial charge is 0.481 e. The predicted molar refractivity (Wildman–Crippen MR) is 198 cm³/mol. The maximum Gasteiger partial charge on any atom is 0.481 e. The molecule has 0 radical (unpaired) electrons. The second-order valence-corrected chi connectivity index (χ2v) is 18.3. The van der Waals surface area contributed by atoms with Crippen LogP contribution in [0.2, 0.25) is 0 Å². The molecule has 10 N–H and O–H groups in total. The van der Waals surface area contributed by atoms with Crippen LogP contribution in [0, 0.1) is 12.3 Å². The van der Waals surface area contributed by atoms with Crippen molar-refractivity contribution < 1.29 is 80.5 Å². The molecule has 2 amide bonds. The van der Waals surface area contributed by atoms with Crippen LogP contribution in [0.4, 0.5) is 5.82 Å². The average molecular weight is 886 g/mol. The van der Waals surface area contributed by atoms with Crippen molar-refractivity contribution in [1.29, 1.82) is 0 Å². The standard InChI is InChI=1S/C29H42N7O17P3S/c1-16-6-4-5-7-17(16)28(41)57-11-10-31-19(37)8-9-32-26(40)23(39)29(2,3)13-50-56(47,48)53-55(45,46)49-12-18-22(52-54(42,43)44)21(38)27(51-18)36-15-35-20-24(30)33-14-34-25(20)36/h4-7,14-15,18,21-23,27,38-39H,8-13H2,1-3H3,(H,31,37)(H,32,40)(H,45,46)(H,47,48)(H2,30,33,34)(H2,42,43,44)/t18-,21-,22-,23?,27-/m1/s1. The third kappa shape index (κ3) is 13.1. The molecule has 1 saturated heterocycles. The van der Waals surface area contributed by atoms with Gasteiger partial charge in [-0.2, -0.15) is 4.31 Å².